The molecule has 2 heterocycles. The molecule has 0 saturated carbocycles. The number of carbonyl (C=O) groups excluding carboxylic acids is 2. The molecule has 0 bridgehead atoms. The SMILES string of the molecule is O=C1NCC2(CCCCCOc3ccccc31)CCCN(C(=O)Cc1ccc(F)cc1)C2. The van der Waals surface area contributed by atoms with Gasteiger partial charge in [-0.25, -0.2) is 4.39 Å². The van der Waals surface area contributed by atoms with Gasteiger partial charge in [-0.2, -0.15) is 0 Å². The minimum Gasteiger partial charge on any atom is -0.493 e. The molecular formula is C26H31FN2O3. The van der Waals surface area contributed by atoms with Gasteiger partial charge in [-0.05, 0) is 55.5 Å². The van der Waals surface area contributed by atoms with Crippen LogP contribution in [0.3, 0.4) is 0 Å². The van der Waals surface area contributed by atoms with E-state index in [2.05, 4.69) is 5.32 Å². The lowest BCUT2D eigenvalue weighted by Gasteiger charge is -2.43. The number of hydrogen-bond donors (Lipinski definition) is 1. The van der Waals surface area contributed by atoms with Crippen molar-refractivity contribution in [2.45, 2.75) is 44.9 Å². The zero-order valence-electron chi connectivity index (χ0n) is 18.4. The number of rotatable bonds is 2. The van der Waals surface area contributed by atoms with Crippen molar-refractivity contribution in [2.75, 3.05) is 26.2 Å². The van der Waals surface area contributed by atoms with E-state index in [0.29, 0.717) is 31.0 Å². The summed E-state index contributed by atoms with van der Waals surface area (Å²) in [7, 11) is 0. The van der Waals surface area contributed by atoms with Gasteiger partial charge in [-0.3, -0.25) is 9.59 Å². The first-order valence-corrected chi connectivity index (χ1v) is 11.6. The molecule has 1 N–H and O–H groups in total. The Kier molecular flexibility index (Phi) is 7.08. The number of nitrogens with one attached hydrogen (secondary N) is 1. The van der Waals surface area contributed by atoms with Crippen LogP contribution in [0.4, 0.5) is 4.39 Å². The number of ether oxygens (including phenoxy) is 1. The summed E-state index contributed by atoms with van der Waals surface area (Å²) in [6, 6.07) is 13.5. The molecule has 2 amide bonds. The molecule has 1 spiro atoms. The van der Waals surface area contributed by atoms with Crippen LogP contribution in [-0.2, 0) is 11.2 Å². The lowest BCUT2D eigenvalue weighted by atomic mass is 9.75. The highest BCUT2D eigenvalue weighted by Gasteiger charge is 2.37. The Morgan fingerprint density at radius 3 is 2.66 bits per heavy atom. The predicted octanol–water partition coefficient (Wildman–Crippen LogP) is 4.36. The zero-order valence-corrected chi connectivity index (χ0v) is 18.4. The maximum absolute atomic E-state index is 13.2. The number of para-hydroxylation sites is 1. The number of benzene rings is 2. The zero-order chi connectivity index (χ0) is 22.4. The van der Waals surface area contributed by atoms with Crippen LogP contribution >= 0.6 is 0 Å². The van der Waals surface area contributed by atoms with Crippen LogP contribution in [0, 0.1) is 11.2 Å². The van der Waals surface area contributed by atoms with Crippen LogP contribution in [0.15, 0.2) is 48.5 Å². The number of likely N-dealkylation sites (tertiary alicyclic amines) is 1. The smallest absolute Gasteiger partial charge is 0.255 e. The summed E-state index contributed by atoms with van der Waals surface area (Å²) in [5.41, 5.74) is 1.25. The lowest BCUT2D eigenvalue weighted by Crippen LogP contribution is -2.51. The minimum absolute atomic E-state index is 0.0619. The van der Waals surface area contributed by atoms with Crippen LogP contribution in [0.25, 0.3) is 0 Å². The van der Waals surface area contributed by atoms with E-state index in [1.165, 1.54) is 12.1 Å². The van der Waals surface area contributed by atoms with Crippen molar-refractivity contribution in [1.82, 2.24) is 10.2 Å². The van der Waals surface area contributed by atoms with Crippen LogP contribution in [0.5, 0.6) is 5.75 Å². The molecule has 6 heteroatoms. The van der Waals surface area contributed by atoms with E-state index in [9.17, 15) is 14.0 Å². The average Bonchev–Trinajstić information content (AvgIpc) is 2.81. The van der Waals surface area contributed by atoms with Crippen LogP contribution in [0.2, 0.25) is 0 Å². The summed E-state index contributed by atoms with van der Waals surface area (Å²) < 4.78 is 19.0. The van der Waals surface area contributed by atoms with Crippen molar-refractivity contribution < 1.29 is 18.7 Å². The van der Waals surface area contributed by atoms with Crippen molar-refractivity contribution >= 4 is 11.8 Å². The van der Waals surface area contributed by atoms with Gasteiger partial charge in [0.2, 0.25) is 5.91 Å². The third kappa shape index (κ3) is 5.47. The molecule has 1 saturated heterocycles. The number of piperidine rings is 1. The Morgan fingerprint density at radius 2 is 1.81 bits per heavy atom. The molecule has 0 radical (unpaired) electrons. The second-order valence-electron chi connectivity index (χ2n) is 9.06. The van der Waals surface area contributed by atoms with Gasteiger partial charge in [0, 0.05) is 25.0 Å². The van der Waals surface area contributed by atoms with E-state index in [1.807, 2.05) is 23.1 Å². The summed E-state index contributed by atoms with van der Waals surface area (Å²) in [4.78, 5) is 27.9. The van der Waals surface area contributed by atoms with Crippen molar-refractivity contribution in [3.05, 3.63) is 65.5 Å². The first kappa shape index (κ1) is 22.3. The molecular weight excluding hydrogens is 407 g/mol. The molecule has 32 heavy (non-hydrogen) atoms. The predicted molar refractivity (Wildman–Crippen MR) is 121 cm³/mol. The standard InChI is InChI=1S/C26H31FN2O3/c27-21-11-9-20(10-12-21)17-24(30)29-15-6-14-26(19-29)13-4-1-5-16-32-23-8-3-2-7-22(23)25(31)28-18-26/h2-3,7-12H,1,4-6,13-19H2,(H,28,31). The highest BCUT2D eigenvalue weighted by atomic mass is 19.1. The second-order valence-corrected chi connectivity index (χ2v) is 9.06. The molecule has 0 aromatic heterocycles. The van der Waals surface area contributed by atoms with Gasteiger partial charge < -0.3 is 15.0 Å². The van der Waals surface area contributed by atoms with Crippen molar-refractivity contribution in [3.8, 4) is 5.75 Å². The number of nitrogens with zero attached hydrogens (tertiary/aromatic N) is 1. The maximum Gasteiger partial charge on any atom is 0.255 e. The fourth-order valence-electron chi connectivity index (χ4n) is 4.85. The Morgan fingerprint density at radius 1 is 1.03 bits per heavy atom. The normalized spacial score (nSPS) is 22.2. The molecule has 0 aliphatic carbocycles. The number of hydrogen-bond acceptors (Lipinski definition) is 3. The third-order valence-electron chi connectivity index (χ3n) is 6.65. The molecule has 1 fully saturated rings. The largest absolute Gasteiger partial charge is 0.493 e. The molecule has 2 aromatic carbocycles. The molecule has 2 aromatic rings. The topological polar surface area (TPSA) is 58.6 Å². The number of carbonyl (C=O) groups is 2. The van der Waals surface area contributed by atoms with Crippen LogP contribution in [0.1, 0.15) is 54.4 Å². The van der Waals surface area contributed by atoms with Crippen molar-refractivity contribution in [3.63, 3.8) is 0 Å². The van der Waals surface area contributed by atoms with Gasteiger partial charge in [0.15, 0.2) is 0 Å². The van der Waals surface area contributed by atoms with E-state index in [1.54, 1.807) is 18.2 Å². The monoisotopic (exact) mass is 438 g/mol. The molecule has 1 atom stereocenters. The second kappa shape index (κ2) is 10.2. The number of fused-ring (bicyclic) bond motifs is 1. The van der Waals surface area contributed by atoms with E-state index in [0.717, 1.165) is 50.6 Å². The van der Waals surface area contributed by atoms with Gasteiger partial charge in [-0.15, -0.1) is 0 Å². The van der Waals surface area contributed by atoms with Crippen molar-refractivity contribution in [1.29, 1.82) is 0 Å². The quantitative estimate of drug-likeness (QED) is 0.758. The lowest BCUT2D eigenvalue weighted by molar-refractivity contribution is -0.134. The Bertz CT molecular complexity index is 946. The average molecular weight is 439 g/mol. The Hall–Kier alpha value is -2.89. The van der Waals surface area contributed by atoms with E-state index in [-0.39, 0.29) is 29.5 Å². The van der Waals surface area contributed by atoms with E-state index in [4.69, 9.17) is 4.74 Å². The summed E-state index contributed by atoms with van der Waals surface area (Å²) >= 11 is 0. The van der Waals surface area contributed by atoms with Gasteiger partial charge >= 0.3 is 0 Å². The van der Waals surface area contributed by atoms with Crippen LogP contribution in [-0.4, -0.2) is 43.0 Å². The summed E-state index contributed by atoms with van der Waals surface area (Å²) in [6.45, 7) is 2.51. The first-order chi connectivity index (χ1) is 15.5. The highest BCUT2D eigenvalue weighted by Crippen LogP contribution is 2.36. The van der Waals surface area contributed by atoms with E-state index >= 15 is 0 Å². The van der Waals surface area contributed by atoms with Gasteiger partial charge in [-0.1, -0.05) is 37.1 Å². The molecule has 5 nitrogen and oxygen atoms in total. The fraction of sp³-hybridized carbons (Fsp3) is 0.462. The molecule has 2 aliphatic rings. The summed E-state index contributed by atoms with van der Waals surface area (Å²) in [5.74, 6) is 0.260. The highest BCUT2D eigenvalue weighted by molar-refractivity contribution is 5.96. The van der Waals surface area contributed by atoms with Crippen LogP contribution < -0.4 is 10.1 Å². The molecule has 170 valence electrons. The van der Waals surface area contributed by atoms with E-state index < -0.39 is 0 Å². The van der Waals surface area contributed by atoms with Gasteiger partial charge in [0.1, 0.15) is 11.6 Å². The third-order valence-corrected chi connectivity index (χ3v) is 6.65. The number of amides is 2. The molecule has 1 unspecified atom stereocenters. The Balaban J connectivity index is 1.47. The summed E-state index contributed by atoms with van der Waals surface area (Å²) in [6.07, 6.45) is 6.20. The summed E-state index contributed by atoms with van der Waals surface area (Å²) in [5, 5.41) is 3.13. The fourth-order valence-corrected chi connectivity index (χ4v) is 4.85. The van der Waals surface area contributed by atoms with Gasteiger partial charge in [0.25, 0.3) is 5.91 Å². The Labute approximate surface area is 188 Å². The maximum atomic E-state index is 13.2. The molecule has 4 rings (SSSR count). The minimum atomic E-state index is -0.297. The van der Waals surface area contributed by atoms with Crippen molar-refractivity contribution in [2.24, 2.45) is 5.41 Å². The number of halogens is 1. The van der Waals surface area contributed by atoms with Gasteiger partial charge in [0.05, 0.1) is 18.6 Å². The molecule has 2 aliphatic heterocycles. The first-order valence-electron chi connectivity index (χ1n) is 11.6.